The summed E-state index contributed by atoms with van der Waals surface area (Å²) in [6, 6.07) is 10.8. The van der Waals surface area contributed by atoms with E-state index in [0.29, 0.717) is 17.7 Å². The molecule has 0 aliphatic rings. The molecule has 4 nitrogen and oxygen atoms in total. The quantitative estimate of drug-likeness (QED) is 0.857. The minimum absolute atomic E-state index is 0.257. The molecule has 0 aliphatic carbocycles. The van der Waals surface area contributed by atoms with Gasteiger partial charge in [0, 0.05) is 0 Å². The molecule has 1 heterocycles. The fourth-order valence-corrected chi connectivity index (χ4v) is 2.16. The van der Waals surface area contributed by atoms with Crippen LogP contribution in [0.15, 0.2) is 48.7 Å². The normalized spacial score (nSPS) is 13.6. The zero-order valence-electron chi connectivity index (χ0n) is 11.7. The first-order valence-electron chi connectivity index (χ1n) is 6.77. The van der Waals surface area contributed by atoms with Crippen LogP contribution in [0.4, 0.5) is 4.39 Å². The number of nitrogens with zero attached hydrogens (tertiary/aromatic N) is 1. The second kappa shape index (κ2) is 6.95. The fourth-order valence-electron chi connectivity index (χ4n) is 2.16. The lowest BCUT2D eigenvalue weighted by Crippen LogP contribution is -2.32. The van der Waals surface area contributed by atoms with Crippen LogP contribution in [0.25, 0.3) is 0 Å². The molecule has 0 amide bonds. The van der Waals surface area contributed by atoms with Crippen molar-refractivity contribution in [3.05, 3.63) is 65.7 Å². The second-order valence-electron chi connectivity index (χ2n) is 4.71. The molecule has 0 fully saturated rings. The Balaban J connectivity index is 2.22. The molecule has 21 heavy (non-hydrogen) atoms. The van der Waals surface area contributed by atoms with Crippen LogP contribution in [0.5, 0.6) is 0 Å². The highest BCUT2D eigenvalue weighted by molar-refractivity contribution is 5.75. The third-order valence-corrected chi connectivity index (χ3v) is 3.26. The third-order valence-electron chi connectivity index (χ3n) is 3.26. The molecule has 1 aromatic carbocycles. The monoisotopic (exact) mass is 288 g/mol. The van der Waals surface area contributed by atoms with E-state index in [4.69, 9.17) is 0 Å². The maximum absolute atomic E-state index is 12.9. The van der Waals surface area contributed by atoms with Crippen LogP contribution >= 0.6 is 0 Å². The standard InChI is InChI=1S/C16H17FN2O2/c1-2-13(14-9-8-12(17)10-18-14)19-15(16(20)21)11-6-4-3-5-7-11/h3-10,13,15,19H,2H2,1H3,(H,20,21). The van der Waals surface area contributed by atoms with Gasteiger partial charge in [-0.1, -0.05) is 37.3 Å². The molecule has 0 saturated carbocycles. The highest BCUT2D eigenvalue weighted by Crippen LogP contribution is 2.21. The number of nitrogens with one attached hydrogen (secondary N) is 1. The molecule has 0 aliphatic heterocycles. The molecule has 2 unspecified atom stereocenters. The van der Waals surface area contributed by atoms with Crippen molar-refractivity contribution in [2.75, 3.05) is 0 Å². The Morgan fingerprint density at radius 1 is 1.29 bits per heavy atom. The van der Waals surface area contributed by atoms with E-state index in [2.05, 4.69) is 10.3 Å². The summed E-state index contributed by atoms with van der Waals surface area (Å²) in [6.45, 7) is 1.92. The summed E-state index contributed by atoms with van der Waals surface area (Å²) in [5.41, 5.74) is 1.30. The highest BCUT2D eigenvalue weighted by Gasteiger charge is 2.23. The number of carboxylic acid groups (broad SMARTS) is 1. The molecule has 110 valence electrons. The zero-order valence-corrected chi connectivity index (χ0v) is 11.7. The summed E-state index contributed by atoms with van der Waals surface area (Å²) >= 11 is 0. The van der Waals surface area contributed by atoms with Crippen molar-refractivity contribution in [2.45, 2.75) is 25.4 Å². The maximum atomic E-state index is 12.9. The van der Waals surface area contributed by atoms with E-state index in [9.17, 15) is 14.3 Å². The first kappa shape index (κ1) is 15.1. The summed E-state index contributed by atoms with van der Waals surface area (Å²) in [6.07, 6.45) is 1.78. The van der Waals surface area contributed by atoms with E-state index in [1.165, 1.54) is 6.07 Å². The number of rotatable bonds is 6. The number of hydrogen-bond acceptors (Lipinski definition) is 3. The minimum atomic E-state index is -0.957. The van der Waals surface area contributed by atoms with Crippen molar-refractivity contribution in [2.24, 2.45) is 0 Å². The number of hydrogen-bond donors (Lipinski definition) is 2. The van der Waals surface area contributed by atoms with Crippen LogP contribution in [0.2, 0.25) is 0 Å². The van der Waals surface area contributed by atoms with Crippen LogP contribution in [0.1, 0.15) is 36.7 Å². The molecule has 2 rings (SSSR count). The largest absolute Gasteiger partial charge is 0.480 e. The predicted molar refractivity (Wildman–Crippen MR) is 77.2 cm³/mol. The average Bonchev–Trinajstić information content (AvgIpc) is 2.50. The first-order chi connectivity index (χ1) is 10.1. The van der Waals surface area contributed by atoms with Gasteiger partial charge in [-0.05, 0) is 24.1 Å². The van der Waals surface area contributed by atoms with E-state index in [1.54, 1.807) is 30.3 Å². The Morgan fingerprint density at radius 2 is 2.00 bits per heavy atom. The van der Waals surface area contributed by atoms with E-state index in [-0.39, 0.29) is 6.04 Å². The van der Waals surface area contributed by atoms with E-state index < -0.39 is 17.8 Å². The van der Waals surface area contributed by atoms with E-state index in [0.717, 1.165) is 6.20 Å². The molecule has 2 aromatic rings. The number of halogens is 1. The van der Waals surface area contributed by atoms with Crippen molar-refractivity contribution in [3.8, 4) is 0 Å². The zero-order chi connectivity index (χ0) is 15.2. The number of carboxylic acids is 1. The molecular formula is C16H17FN2O2. The Hall–Kier alpha value is -2.27. The molecule has 0 bridgehead atoms. The number of aromatic nitrogens is 1. The van der Waals surface area contributed by atoms with Gasteiger partial charge < -0.3 is 5.11 Å². The topological polar surface area (TPSA) is 62.2 Å². The van der Waals surface area contributed by atoms with Gasteiger partial charge in [-0.3, -0.25) is 15.1 Å². The van der Waals surface area contributed by atoms with Gasteiger partial charge in [-0.2, -0.15) is 0 Å². The predicted octanol–water partition coefficient (Wildman–Crippen LogP) is 3.09. The van der Waals surface area contributed by atoms with Gasteiger partial charge in [-0.15, -0.1) is 0 Å². The molecular weight excluding hydrogens is 271 g/mol. The molecule has 5 heteroatoms. The third kappa shape index (κ3) is 3.86. The van der Waals surface area contributed by atoms with Crippen LogP contribution in [0.3, 0.4) is 0 Å². The van der Waals surface area contributed by atoms with Gasteiger partial charge in [0.1, 0.15) is 11.9 Å². The first-order valence-corrected chi connectivity index (χ1v) is 6.77. The van der Waals surface area contributed by atoms with Crippen molar-refractivity contribution in [1.82, 2.24) is 10.3 Å². The highest BCUT2D eigenvalue weighted by atomic mass is 19.1. The SMILES string of the molecule is CCC(NC(C(=O)O)c1ccccc1)c1ccc(F)cn1. The van der Waals surface area contributed by atoms with Crippen LogP contribution < -0.4 is 5.32 Å². The lowest BCUT2D eigenvalue weighted by molar-refractivity contribution is -0.139. The molecule has 2 N–H and O–H groups in total. The van der Waals surface area contributed by atoms with Gasteiger partial charge in [0.2, 0.25) is 0 Å². The van der Waals surface area contributed by atoms with Gasteiger partial charge in [0.25, 0.3) is 0 Å². The summed E-state index contributed by atoms with van der Waals surface area (Å²) < 4.78 is 12.9. The van der Waals surface area contributed by atoms with E-state index in [1.807, 2.05) is 13.0 Å². The summed E-state index contributed by atoms with van der Waals surface area (Å²) in [5, 5.41) is 12.5. The van der Waals surface area contributed by atoms with Crippen molar-refractivity contribution in [3.63, 3.8) is 0 Å². The minimum Gasteiger partial charge on any atom is -0.480 e. The van der Waals surface area contributed by atoms with Gasteiger partial charge in [-0.25, -0.2) is 4.39 Å². The summed E-state index contributed by atoms with van der Waals surface area (Å²) in [5.74, 6) is -1.37. The number of carbonyl (C=O) groups is 1. The van der Waals surface area contributed by atoms with Gasteiger partial charge in [0.05, 0.1) is 17.9 Å². The summed E-state index contributed by atoms with van der Waals surface area (Å²) in [4.78, 5) is 15.5. The Labute approximate surface area is 122 Å². The molecule has 1 aromatic heterocycles. The van der Waals surface area contributed by atoms with Gasteiger partial charge >= 0.3 is 5.97 Å². The smallest absolute Gasteiger partial charge is 0.325 e. The van der Waals surface area contributed by atoms with Gasteiger partial charge in [0.15, 0.2) is 0 Å². The second-order valence-corrected chi connectivity index (χ2v) is 4.71. The molecule has 0 radical (unpaired) electrons. The average molecular weight is 288 g/mol. The Bertz CT molecular complexity index is 587. The molecule has 2 atom stereocenters. The fraction of sp³-hybridized carbons (Fsp3) is 0.250. The van der Waals surface area contributed by atoms with Crippen molar-refractivity contribution < 1.29 is 14.3 Å². The Morgan fingerprint density at radius 3 is 2.52 bits per heavy atom. The van der Waals surface area contributed by atoms with Crippen molar-refractivity contribution >= 4 is 5.97 Å². The van der Waals surface area contributed by atoms with Crippen molar-refractivity contribution in [1.29, 1.82) is 0 Å². The molecule has 0 saturated heterocycles. The number of benzene rings is 1. The van der Waals surface area contributed by atoms with Crippen LogP contribution in [-0.4, -0.2) is 16.1 Å². The lowest BCUT2D eigenvalue weighted by Gasteiger charge is -2.22. The van der Waals surface area contributed by atoms with E-state index >= 15 is 0 Å². The lowest BCUT2D eigenvalue weighted by atomic mass is 10.0. The molecule has 0 spiro atoms. The van der Waals surface area contributed by atoms with Crippen LogP contribution in [-0.2, 0) is 4.79 Å². The maximum Gasteiger partial charge on any atom is 0.325 e. The number of aliphatic carboxylic acids is 1. The van der Waals surface area contributed by atoms with Crippen LogP contribution in [0, 0.1) is 5.82 Å². The number of pyridine rings is 1. The summed E-state index contributed by atoms with van der Waals surface area (Å²) in [7, 11) is 0. The Kier molecular flexibility index (Phi) is 5.00.